The summed E-state index contributed by atoms with van der Waals surface area (Å²) in [7, 11) is 0. The zero-order valence-corrected chi connectivity index (χ0v) is 18.9. The lowest BCUT2D eigenvalue weighted by atomic mass is 9.79. The summed E-state index contributed by atoms with van der Waals surface area (Å²) in [4.78, 5) is 38.4. The van der Waals surface area contributed by atoms with Gasteiger partial charge in [0.1, 0.15) is 27.9 Å². The predicted molar refractivity (Wildman–Crippen MR) is 126 cm³/mol. The van der Waals surface area contributed by atoms with Crippen molar-refractivity contribution in [2.24, 2.45) is 11.8 Å². The highest BCUT2D eigenvalue weighted by molar-refractivity contribution is 5.92. The number of nitrogen functional groups attached to an aromatic ring is 1. The molecule has 2 bridgehead atoms. The van der Waals surface area contributed by atoms with Crippen molar-refractivity contribution in [1.29, 1.82) is 0 Å². The van der Waals surface area contributed by atoms with Crippen LogP contribution in [-0.2, 0) is 4.79 Å². The standard InChI is InChI=1S/C15H9FN6O3.C8H13NO2/c16-7-3-8-9(6-19-14(8)18-5-7)15-20-10(4-12(17)21-15)11-1-2-13(25-11)22(23)24;10-8(11)7-5-9-3-1-6(7)2-4-9/h1-6H,(H,18,19)(H2,17,20,21);6-7H,1-5H2,(H,10,11). The lowest BCUT2D eigenvalue weighted by Gasteiger charge is -2.42. The normalized spacial score (nSPS) is 20.6. The van der Waals surface area contributed by atoms with Gasteiger partial charge in [0.2, 0.25) is 0 Å². The van der Waals surface area contributed by atoms with Gasteiger partial charge in [-0.05, 0) is 44.0 Å². The van der Waals surface area contributed by atoms with E-state index >= 15 is 0 Å². The number of furan rings is 1. The zero-order valence-electron chi connectivity index (χ0n) is 18.9. The van der Waals surface area contributed by atoms with E-state index in [1.807, 2.05) is 0 Å². The van der Waals surface area contributed by atoms with Crippen molar-refractivity contribution in [2.75, 3.05) is 25.4 Å². The van der Waals surface area contributed by atoms with Gasteiger partial charge in [-0.1, -0.05) is 0 Å². The first kappa shape index (κ1) is 23.4. The molecule has 12 nitrogen and oxygen atoms in total. The number of aromatic amines is 1. The minimum absolute atomic E-state index is 0.0718. The van der Waals surface area contributed by atoms with Crippen LogP contribution >= 0.6 is 0 Å². The van der Waals surface area contributed by atoms with E-state index in [9.17, 15) is 19.3 Å². The predicted octanol–water partition coefficient (Wildman–Crippen LogP) is 3.32. The molecule has 13 heteroatoms. The van der Waals surface area contributed by atoms with Crippen LogP contribution in [-0.4, -0.2) is 60.5 Å². The number of nitrogens with one attached hydrogen (secondary N) is 1. The number of piperidine rings is 3. The van der Waals surface area contributed by atoms with E-state index in [-0.39, 0.29) is 29.0 Å². The van der Waals surface area contributed by atoms with Gasteiger partial charge in [-0.15, -0.1) is 0 Å². The van der Waals surface area contributed by atoms with Crippen LogP contribution in [0.15, 0.2) is 41.1 Å². The van der Waals surface area contributed by atoms with Crippen LogP contribution in [0.25, 0.3) is 33.9 Å². The first-order valence-electron chi connectivity index (χ1n) is 11.3. The molecule has 0 aromatic carbocycles. The highest BCUT2D eigenvalue weighted by Crippen LogP contribution is 2.32. The van der Waals surface area contributed by atoms with Gasteiger partial charge >= 0.3 is 11.9 Å². The van der Waals surface area contributed by atoms with Crippen LogP contribution < -0.4 is 5.73 Å². The second-order valence-electron chi connectivity index (χ2n) is 8.73. The van der Waals surface area contributed by atoms with Crippen molar-refractivity contribution in [1.82, 2.24) is 24.8 Å². The summed E-state index contributed by atoms with van der Waals surface area (Å²) in [6.07, 6.45) is 4.87. The molecule has 4 N–H and O–H groups in total. The van der Waals surface area contributed by atoms with Gasteiger partial charge in [-0.3, -0.25) is 14.9 Å². The molecule has 36 heavy (non-hydrogen) atoms. The first-order valence-corrected chi connectivity index (χ1v) is 11.3. The number of nitrogens with zero attached hydrogens (tertiary/aromatic N) is 5. The Bertz CT molecular complexity index is 1440. The van der Waals surface area contributed by atoms with Gasteiger partial charge in [0.15, 0.2) is 11.6 Å². The summed E-state index contributed by atoms with van der Waals surface area (Å²) >= 11 is 0. The van der Waals surface area contributed by atoms with Crippen molar-refractivity contribution >= 4 is 28.7 Å². The van der Waals surface area contributed by atoms with Crippen LogP contribution in [0, 0.1) is 27.8 Å². The first-order chi connectivity index (χ1) is 17.3. The molecular weight excluding hydrogens is 473 g/mol. The maximum Gasteiger partial charge on any atom is 0.433 e. The molecule has 3 fully saturated rings. The van der Waals surface area contributed by atoms with E-state index in [0.29, 0.717) is 22.5 Å². The fourth-order valence-corrected chi connectivity index (χ4v) is 4.68. The Morgan fingerprint density at radius 2 is 2.06 bits per heavy atom. The van der Waals surface area contributed by atoms with Crippen molar-refractivity contribution < 1.29 is 23.6 Å². The quantitative estimate of drug-likeness (QED) is 0.281. The summed E-state index contributed by atoms with van der Waals surface area (Å²) in [5.41, 5.74) is 7.06. The number of carboxylic acid groups (broad SMARTS) is 1. The van der Waals surface area contributed by atoms with Gasteiger partial charge in [0, 0.05) is 29.8 Å². The topological polar surface area (TPSA) is 177 Å². The van der Waals surface area contributed by atoms with E-state index in [1.54, 1.807) is 6.20 Å². The van der Waals surface area contributed by atoms with E-state index in [2.05, 4.69) is 24.8 Å². The van der Waals surface area contributed by atoms with Crippen LogP contribution in [0.1, 0.15) is 12.8 Å². The summed E-state index contributed by atoms with van der Waals surface area (Å²) < 4.78 is 18.6. The van der Waals surface area contributed by atoms with Gasteiger partial charge < -0.3 is 25.1 Å². The largest absolute Gasteiger partial charge is 0.481 e. The van der Waals surface area contributed by atoms with E-state index in [4.69, 9.17) is 15.3 Å². The maximum absolute atomic E-state index is 13.5. The Hall–Kier alpha value is -4.39. The minimum Gasteiger partial charge on any atom is -0.481 e. The third-order valence-electron chi connectivity index (χ3n) is 6.48. The number of nitrogens with two attached hydrogens (primary N) is 1. The number of halogens is 1. The Morgan fingerprint density at radius 1 is 1.28 bits per heavy atom. The molecule has 4 aromatic rings. The van der Waals surface area contributed by atoms with Crippen LogP contribution in [0.5, 0.6) is 0 Å². The maximum atomic E-state index is 13.5. The smallest absolute Gasteiger partial charge is 0.433 e. The number of nitro groups is 1. The number of aromatic nitrogens is 4. The number of hydrogen-bond donors (Lipinski definition) is 3. The molecule has 3 aliphatic rings. The van der Waals surface area contributed by atoms with Crippen molar-refractivity contribution in [3.05, 3.63) is 52.6 Å². The van der Waals surface area contributed by atoms with Crippen LogP contribution in [0.2, 0.25) is 0 Å². The Balaban J connectivity index is 0.000000202. The number of anilines is 1. The highest BCUT2D eigenvalue weighted by Gasteiger charge is 2.38. The number of carbonyl (C=O) groups is 1. The third-order valence-corrected chi connectivity index (χ3v) is 6.48. The van der Waals surface area contributed by atoms with E-state index in [1.165, 1.54) is 24.3 Å². The molecule has 0 spiro atoms. The molecule has 186 valence electrons. The van der Waals surface area contributed by atoms with Crippen LogP contribution in [0.4, 0.5) is 16.1 Å². The molecular formula is C23H22FN7O5. The molecule has 0 saturated carbocycles. The molecule has 1 unspecified atom stereocenters. The molecule has 4 aromatic heterocycles. The SMILES string of the molecule is Nc1cc(-c2ccc([N+](=O)[O-])o2)nc(-c2c[nH]c3ncc(F)cc23)n1.O=C(O)C1CN2CCC1CC2. The molecule has 0 aliphatic carbocycles. The Labute approximate surface area is 203 Å². The molecule has 0 radical (unpaired) electrons. The molecule has 0 amide bonds. The molecule has 7 heterocycles. The fraction of sp³-hybridized carbons (Fsp3) is 0.304. The number of rotatable bonds is 4. The van der Waals surface area contributed by atoms with Gasteiger partial charge in [-0.2, -0.15) is 0 Å². The van der Waals surface area contributed by atoms with Gasteiger partial charge in [0.25, 0.3) is 0 Å². The summed E-state index contributed by atoms with van der Waals surface area (Å²) in [6, 6.07) is 5.37. The summed E-state index contributed by atoms with van der Waals surface area (Å²) in [5, 5.41) is 20.1. The number of pyridine rings is 1. The fourth-order valence-electron chi connectivity index (χ4n) is 4.68. The Morgan fingerprint density at radius 3 is 2.67 bits per heavy atom. The van der Waals surface area contributed by atoms with E-state index < -0.39 is 22.6 Å². The number of carboxylic acids is 1. The van der Waals surface area contributed by atoms with Gasteiger partial charge in [0.05, 0.1) is 18.2 Å². The van der Waals surface area contributed by atoms with Gasteiger partial charge in [-0.25, -0.2) is 19.3 Å². The van der Waals surface area contributed by atoms with Crippen molar-refractivity contribution in [3.63, 3.8) is 0 Å². The number of aliphatic carboxylic acids is 1. The van der Waals surface area contributed by atoms with Crippen LogP contribution in [0.3, 0.4) is 0 Å². The third kappa shape index (κ3) is 4.60. The van der Waals surface area contributed by atoms with Crippen molar-refractivity contribution in [3.8, 4) is 22.8 Å². The second-order valence-corrected chi connectivity index (χ2v) is 8.73. The van der Waals surface area contributed by atoms with Crippen molar-refractivity contribution in [2.45, 2.75) is 12.8 Å². The highest BCUT2D eigenvalue weighted by atomic mass is 19.1. The number of hydrogen-bond acceptors (Lipinski definition) is 9. The molecule has 1 atom stereocenters. The zero-order chi connectivity index (χ0) is 25.4. The van der Waals surface area contributed by atoms with E-state index in [0.717, 1.165) is 38.7 Å². The minimum atomic E-state index is -0.650. The lowest BCUT2D eigenvalue weighted by molar-refractivity contribution is -0.401. The molecule has 3 saturated heterocycles. The second kappa shape index (κ2) is 9.34. The Kier molecular flexibility index (Phi) is 6.06. The monoisotopic (exact) mass is 495 g/mol. The summed E-state index contributed by atoms with van der Waals surface area (Å²) in [6.45, 7) is 3.03. The summed E-state index contributed by atoms with van der Waals surface area (Å²) in [5.74, 6) is -0.586. The number of fused-ring (bicyclic) bond motifs is 4. The number of H-pyrrole nitrogens is 1. The average Bonchev–Trinajstić information content (AvgIpc) is 3.52. The molecule has 3 aliphatic heterocycles. The average molecular weight is 495 g/mol. The lowest BCUT2D eigenvalue weighted by Crippen LogP contribution is -2.49. The molecule has 7 rings (SSSR count).